The number of nitrogens with zero attached hydrogens (tertiary/aromatic N) is 3. The molecule has 1 saturated heterocycles. The van der Waals surface area contributed by atoms with Gasteiger partial charge in [-0.3, -0.25) is 4.90 Å². The highest BCUT2D eigenvalue weighted by molar-refractivity contribution is 5.42. The minimum atomic E-state index is 0.402. The molecule has 21 heavy (non-hydrogen) atoms. The van der Waals surface area contributed by atoms with Gasteiger partial charge < -0.3 is 13.8 Å². The van der Waals surface area contributed by atoms with Gasteiger partial charge in [-0.25, -0.2) is 0 Å². The van der Waals surface area contributed by atoms with E-state index < -0.39 is 0 Å². The zero-order valence-corrected chi connectivity index (χ0v) is 11.5. The van der Waals surface area contributed by atoms with Gasteiger partial charge in [-0.1, -0.05) is 0 Å². The van der Waals surface area contributed by atoms with Gasteiger partial charge in [-0.05, 0) is 43.7 Å². The van der Waals surface area contributed by atoms with Gasteiger partial charge >= 0.3 is 0 Å². The van der Waals surface area contributed by atoms with Crippen molar-refractivity contribution >= 4 is 0 Å². The van der Waals surface area contributed by atoms with Gasteiger partial charge in [-0.15, -0.1) is 10.2 Å². The van der Waals surface area contributed by atoms with Crippen LogP contribution in [0.15, 0.2) is 45.6 Å². The van der Waals surface area contributed by atoms with Crippen molar-refractivity contribution < 1.29 is 8.83 Å². The average molecular weight is 284 g/mol. The van der Waals surface area contributed by atoms with E-state index in [2.05, 4.69) is 26.1 Å². The molecule has 1 aliphatic rings. The summed E-state index contributed by atoms with van der Waals surface area (Å²) in [5.41, 5.74) is 1.25. The molecule has 6 heteroatoms. The topological polar surface area (TPSA) is 71.1 Å². The lowest BCUT2D eigenvalue weighted by Crippen LogP contribution is -2.23. The van der Waals surface area contributed by atoms with E-state index in [4.69, 9.17) is 8.83 Å². The summed E-state index contributed by atoms with van der Waals surface area (Å²) in [4.78, 5) is 5.67. The highest BCUT2D eigenvalue weighted by Gasteiger charge is 2.28. The average Bonchev–Trinajstić information content (AvgIpc) is 3.28. The zero-order valence-electron chi connectivity index (χ0n) is 11.5. The molecule has 3 aromatic heterocycles. The summed E-state index contributed by atoms with van der Waals surface area (Å²) in [6.07, 6.45) is 5.90. The van der Waals surface area contributed by atoms with Crippen LogP contribution in [0.4, 0.5) is 0 Å². The van der Waals surface area contributed by atoms with Gasteiger partial charge in [0.05, 0.1) is 18.8 Å². The molecular formula is C15H16N4O2. The number of H-pyrrole nitrogens is 1. The molecule has 1 fully saturated rings. The molecule has 6 nitrogen and oxygen atoms in total. The van der Waals surface area contributed by atoms with Crippen molar-refractivity contribution in [3.05, 3.63) is 48.3 Å². The molecule has 0 spiro atoms. The van der Waals surface area contributed by atoms with E-state index in [1.807, 2.05) is 18.3 Å². The summed E-state index contributed by atoms with van der Waals surface area (Å²) in [6.45, 7) is 1.71. The fourth-order valence-corrected chi connectivity index (χ4v) is 2.91. The highest BCUT2D eigenvalue weighted by atomic mass is 16.4. The van der Waals surface area contributed by atoms with E-state index in [0.29, 0.717) is 30.1 Å². The standard InChI is InChI=1S/C15H16N4O2/c1-4-11(16-7-1)12-5-2-8-19(12)10-14-17-18-15(21-14)13-6-3-9-20-13/h1,3-4,6-7,9,12,16H,2,5,8,10H2/t12-/m1/s1. The molecule has 0 saturated carbocycles. The number of aromatic nitrogens is 3. The van der Waals surface area contributed by atoms with Gasteiger partial charge in [0.2, 0.25) is 5.89 Å². The molecule has 0 aromatic carbocycles. The lowest BCUT2D eigenvalue weighted by Gasteiger charge is -2.21. The van der Waals surface area contributed by atoms with Gasteiger partial charge in [0.15, 0.2) is 5.76 Å². The molecule has 0 radical (unpaired) electrons. The Balaban J connectivity index is 1.51. The van der Waals surface area contributed by atoms with Gasteiger partial charge in [0, 0.05) is 11.9 Å². The van der Waals surface area contributed by atoms with Gasteiger partial charge in [0.25, 0.3) is 5.89 Å². The van der Waals surface area contributed by atoms with Crippen LogP contribution in [-0.2, 0) is 6.54 Å². The fraction of sp³-hybridized carbons (Fsp3) is 0.333. The lowest BCUT2D eigenvalue weighted by molar-refractivity contribution is 0.221. The Bertz CT molecular complexity index is 687. The molecule has 0 bridgehead atoms. The van der Waals surface area contributed by atoms with Crippen molar-refractivity contribution in [1.82, 2.24) is 20.1 Å². The quantitative estimate of drug-likeness (QED) is 0.797. The summed E-state index contributed by atoms with van der Waals surface area (Å²) in [7, 11) is 0. The van der Waals surface area contributed by atoms with Crippen LogP contribution in [0.5, 0.6) is 0 Å². The molecule has 0 amide bonds. The summed E-state index contributed by atoms with van der Waals surface area (Å²) < 4.78 is 11.0. The van der Waals surface area contributed by atoms with Crippen molar-refractivity contribution in [3.63, 3.8) is 0 Å². The summed E-state index contributed by atoms with van der Waals surface area (Å²) in [5.74, 6) is 1.67. The SMILES string of the molecule is c1c[nH]c([C@H]2CCCN2Cc2nnc(-c3ccco3)o2)c1. The number of aromatic amines is 1. The lowest BCUT2D eigenvalue weighted by atomic mass is 10.1. The van der Waals surface area contributed by atoms with E-state index >= 15 is 0 Å². The van der Waals surface area contributed by atoms with Gasteiger partial charge in [-0.2, -0.15) is 0 Å². The van der Waals surface area contributed by atoms with E-state index in [-0.39, 0.29) is 0 Å². The molecule has 1 aliphatic heterocycles. The molecule has 0 unspecified atom stereocenters. The smallest absolute Gasteiger partial charge is 0.283 e. The minimum Gasteiger partial charge on any atom is -0.459 e. The second-order valence-electron chi connectivity index (χ2n) is 5.23. The first-order valence-corrected chi connectivity index (χ1v) is 7.14. The van der Waals surface area contributed by atoms with Crippen LogP contribution in [0.3, 0.4) is 0 Å². The molecule has 1 atom stereocenters. The highest BCUT2D eigenvalue weighted by Crippen LogP contribution is 2.32. The second-order valence-corrected chi connectivity index (χ2v) is 5.23. The van der Waals surface area contributed by atoms with Crippen LogP contribution in [-0.4, -0.2) is 26.6 Å². The van der Waals surface area contributed by atoms with E-state index in [1.54, 1.807) is 12.3 Å². The fourth-order valence-electron chi connectivity index (χ4n) is 2.91. The van der Waals surface area contributed by atoms with Crippen molar-refractivity contribution in [2.24, 2.45) is 0 Å². The van der Waals surface area contributed by atoms with Crippen LogP contribution in [0.1, 0.15) is 30.5 Å². The molecular weight excluding hydrogens is 268 g/mol. The maximum Gasteiger partial charge on any atom is 0.283 e. The first kappa shape index (κ1) is 12.4. The Morgan fingerprint density at radius 1 is 1.29 bits per heavy atom. The minimum absolute atomic E-state index is 0.402. The third kappa shape index (κ3) is 2.38. The summed E-state index contributed by atoms with van der Waals surface area (Å²) in [6, 6.07) is 8.19. The molecule has 1 N–H and O–H groups in total. The maximum absolute atomic E-state index is 5.69. The predicted octanol–water partition coefficient (Wildman–Crippen LogP) is 2.99. The molecule has 108 valence electrons. The third-order valence-corrected chi connectivity index (χ3v) is 3.88. The zero-order chi connectivity index (χ0) is 14.1. The summed E-state index contributed by atoms with van der Waals surface area (Å²) in [5, 5.41) is 8.17. The Morgan fingerprint density at radius 3 is 3.10 bits per heavy atom. The third-order valence-electron chi connectivity index (χ3n) is 3.88. The Kier molecular flexibility index (Phi) is 3.08. The predicted molar refractivity (Wildman–Crippen MR) is 75.2 cm³/mol. The number of hydrogen-bond donors (Lipinski definition) is 1. The first-order valence-electron chi connectivity index (χ1n) is 7.14. The Labute approximate surface area is 121 Å². The van der Waals surface area contributed by atoms with E-state index in [1.165, 1.54) is 12.1 Å². The molecule has 4 heterocycles. The number of rotatable bonds is 4. The van der Waals surface area contributed by atoms with Crippen molar-refractivity contribution in [1.29, 1.82) is 0 Å². The van der Waals surface area contributed by atoms with Crippen molar-refractivity contribution in [2.45, 2.75) is 25.4 Å². The Morgan fingerprint density at radius 2 is 2.29 bits per heavy atom. The normalized spacial score (nSPS) is 19.3. The number of furan rings is 1. The summed E-state index contributed by atoms with van der Waals surface area (Å²) >= 11 is 0. The number of hydrogen-bond acceptors (Lipinski definition) is 5. The van der Waals surface area contributed by atoms with E-state index in [9.17, 15) is 0 Å². The van der Waals surface area contributed by atoms with Crippen LogP contribution in [0, 0.1) is 0 Å². The number of nitrogens with one attached hydrogen (secondary N) is 1. The molecule has 4 rings (SSSR count). The molecule has 0 aliphatic carbocycles. The monoisotopic (exact) mass is 284 g/mol. The van der Waals surface area contributed by atoms with E-state index in [0.717, 1.165) is 13.0 Å². The van der Waals surface area contributed by atoms with Crippen LogP contribution in [0.25, 0.3) is 11.7 Å². The van der Waals surface area contributed by atoms with Crippen LogP contribution >= 0.6 is 0 Å². The van der Waals surface area contributed by atoms with Crippen molar-refractivity contribution in [2.75, 3.05) is 6.54 Å². The van der Waals surface area contributed by atoms with Gasteiger partial charge in [0.1, 0.15) is 0 Å². The van der Waals surface area contributed by atoms with Crippen LogP contribution in [0.2, 0.25) is 0 Å². The maximum atomic E-state index is 5.69. The first-order chi connectivity index (χ1) is 10.4. The largest absolute Gasteiger partial charge is 0.459 e. The van der Waals surface area contributed by atoms with Crippen LogP contribution < -0.4 is 0 Å². The second kappa shape index (κ2) is 5.21. The number of likely N-dealkylation sites (tertiary alicyclic amines) is 1. The van der Waals surface area contributed by atoms with Crippen molar-refractivity contribution in [3.8, 4) is 11.7 Å². The Hall–Kier alpha value is -2.34. The molecule has 3 aromatic rings.